The lowest BCUT2D eigenvalue weighted by Gasteiger charge is -2.08. The van der Waals surface area contributed by atoms with Crippen molar-refractivity contribution < 1.29 is 13.6 Å². The van der Waals surface area contributed by atoms with Crippen molar-refractivity contribution in [1.29, 1.82) is 0 Å². The van der Waals surface area contributed by atoms with Crippen molar-refractivity contribution >= 4 is 33.2 Å². The molecule has 0 saturated carbocycles. The third-order valence-corrected chi connectivity index (χ3v) is 2.99. The number of carbonyl (C=O) groups excluding carboxylic acids is 1. The molecule has 0 fully saturated rings. The van der Waals surface area contributed by atoms with E-state index >= 15 is 0 Å². The van der Waals surface area contributed by atoms with Crippen molar-refractivity contribution in [3.8, 4) is 0 Å². The van der Waals surface area contributed by atoms with Crippen LogP contribution in [-0.2, 0) is 0 Å². The number of anilines is 2. The summed E-state index contributed by atoms with van der Waals surface area (Å²) in [6.45, 7) is 0. The molecule has 0 aliphatic carbocycles. The molecule has 0 unspecified atom stereocenters. The summed E-state index contributed by atoms with van der Waals surface area (Å²) in [5.41, 5.74) is 0.283. The standard InChI is InChI=1S/C13H10BrF2N3O/c1-17-8-2-3-11(18-6-8)13(20)19-12-9(15)4-7(14)5-10(12)16/h2-6,17H,1H3,(H,19,20). The quantitative estimate of drug-likeness (QED) is 0.899. The van der Waals surface area contributed by atoms with Crippen LogP contribution in [0.3, 0.4) is 0 Å². The minimum atomic E-state index is -0.864. The van der Waals surface area contributed by atoms with E-state index in [-0.39, 0.29) is 10.2 Å². The molecule has 4 nitrogen and oxygen atoms in total. The van der Waals surface area contributed by atoms with E-state index < -0.39 is 23.2 Å². The van der Waals surface area contributed by atoms with Crippen LogP contribution in [0.15, 0.2) is 34.9 Å². The zero-order valence-corrected chi connectivity index (χ0v) is 12.0. The van der Waals surface area contributed by atoms with Crippen LogP contribution in [0, 0.1) is 11.6 Å². The van der Waals surface area contributed by atoms with Gasteiger partial charge in [-0.25, -0.2) is 13.8 Å². The summed E-state index contributed by atoms with van der Waals surface area (Å²) < 4.78 is 27.4. The number of hydrogen-bond donors (Lipinski definition) is 2. The van der Waals surface area contributed by atoms with E-state index in [2.05, 4.69) is 31.5 Å². The number of aromatic nitrogens is 1. The fourth-order valence-electron chi connectivity index (χ4n) is 1.52. The molecule has 1 heterocycles. The number of amides is 1. The van der Waals surface area contributed by atoms with Gasteiger partial charge in [0.1, 0.15) is 11.4 Å². The van der Waals surface area contributed by atoms with Crippen molar-refractivity contribution in [3.05, 3.63) is 52.3 Å². The van der Waals surface area contributed by atoms with Crippen LogP contribution in [0.4, 0.5) is 20.2 Å². The van der Waals surface area contributed by atoms with Crippen LogP contribution in [0.25, 0.3) is 0 Å². The van der Waals surface area contributed by atoms with Crippen molar-refractivity contribution in [1.82, 2.24) is 4.98 Å². The lowest BCUT2D eigenvalue weighted by molar-refractivity contribution is 0.102. The van der Waals surface area contributed by atoms with Gasteiger partial charge in [0.15, 0.2) is 11.6 Å². The van der Waals surface area contributed by atoms with E-state index in [1.54, 1.807) is 13.1 Å². The Kier molecular flexibility index (Phi) is 4.29. The van der Waals surface area contributed by atoms with Crippen LogP contribution in [0.2, 0.25) is 0 Å². The maximum absolute atomic E-state index is 13.6. The molecule has 2 aromatic rings. The second-order valence-electron chi connectivity index (χ2n) is 3.88. The van der Waals surface area contributed by atoms with E-state index in [4.69, 9.17) is 0 Å². The number of carbonyl (C=O) groups is 1. The Morgan fingerprint density at radius 2 is 1.90 bits per heavy atom. The molecular weight excluding hydrogens is 332 g/mol. The predicted octanol–water partition coefficient (Wildman–Crippen LogP) is 3.42. The van der Waals surface area contributed by atoms with Gasteiger partial charge in [0.2, 0.25) is 0 Å². The van der Waals surface area contributed by atoms with Crippen molar-refractivity contribution in [2.75, 3.05) is 17.7 Å². The van der Waals surface area contributed by atoms with Gasteiger partial charge in [-0.3, -0.25) is 4.79 Å². The van der Waals surface area contributed by atoms with Gasteiger partial charge in [-0.1, -0.05) is 15.9 Å². The number of pyridine rings is 1. The van der Waals surface area contributed by atoms with Crippen LogP contribution in [0.1, 0.15) is 10.5 Å². The topological polar surface area (TPSA) is 54.0 Å². The molecule has 2 N–H and O–H groups in total. The fraction of sp³-hybridized carbons (Fsp3) is 0.0769. The van der Waals surface area contributed by atoms with Gasteiger partial charge < -0.3 is 10.6 Å². The largest absolute Gasteiger partial charge is 0.387 e. The van der Waals surface area contributed by atoms with E-state index in [1.807, 2.05) is 0 Å². The Labute approximate surface area is 122 Å². The van der Waals surface area contributed by atoms with Gasteiger partial charge in [0, 0.05) is 11.5 Å². The van der Waals surface area contributed by atoms with E-state index in [9.17, 15) is 13.6 Å². The number of rotatable bonds is 3. The number of hydrogen-bond acceptors (Lipinski definition) is 3. The molecule has 0 saturated heterocycles. The summed E-state index contributed by atoms with van der Waals surface area (Å²) in [5.74, 6) is -2.41. The predicted molar refractivity (Wildman–Crippen MR) is 75.8 cm³/mol. The normalized spacial score (nSPS) is 10.2. The van der Waals surface area contributed by atoms with Gasteiger partial charge in [0.25, 0.3) is 5.91 Å². The van der Waals surface area contributed by atoms with Gasteiger partial charge in [-0.05, 0) is 24.3 Å². The van der Waals surface area contributed by atoms with Crippen LogP contribution >= 0.6 is 15.9 Å². The van der Waals surface area contributed by atoms with Crippen LogP contribution < -0.4 is 10.6 Å². The SMILES string of the molecule is CNc1ccc(C(=O)Nc2c(F)cc(Br)cc2F)nc1. The summed E-state index contributed by atoms with van der Waals surface area (Å²) in [4.78, 5) is 15.8. The zero-order valence-electron chi connectivity index (χ0n) is 10.4. The summed E-state index contributed by atoms with van der Waals surface area (Å²) in [6.07, 6.45) is 1.45. The monoisotopic (exact) mass is 341 g/mol. The number of benzene rings is 1. The highest BCUT2D eigenvalue weighted by Gasteiger charge is 2.15. The summed E-state index contributed by atoms with van der Waals surface area (Å²) in [5, 5.41) is 5.01. The molecule has 0 aliphatic rings. The fourth-order valence-corrected chi connectivity index (χ4v) is 1.92. The van der Waals surface area contributed by atoms with E-state index in [0.717, 1.165) is 17.8 Å². The molecule has 1 aromatic heterocycles. The maximum Gasteiger partial charge on any atom is 0.274 e. The van der Waals surface area contributed by atoms with Crippen molar-refractivity contribution in [2.24, 2.45) is 0 Å². The lowest BCUT2D eigenvalue weighted by Crippen LogP contribution is -2.15. The molecule has 0 atom stereocenters. The third-order valence-electron chi connectivity index (χ3n) is 2.53. The Hall–Kier alpha value is -2.02. The van der Waals surface area contributed by atoms with E-state index in [1.165, 1.54) is 12.3 Å². The highest BCUT2D eigenvalue weighted by molar-refractivity contribution is 9.10. The first-order valence-corrected chi connectivity index (χ1v) is 6.40. The summed E-state index contributed by atoms with van der Waals surface area (Å²) in [6, 6.07) is 5.22. The second kappa shape index (κ2) is 5.96. The lowest BCUT2D eigenvalue weighted by atomic mass is 10.2. The average molecular weight is 342 g/mol. The Balaban J connectivity index is 2.23. The minimum absolute atomic E-state index is 0.0609. The first kappa shape index (κ1) is 14.4. The minimum Gasteiger partial charge on any atom is -0.387 e. The molecule has 0 aliphatic heterocycles. The number of nitrogens with zero attached hydrogens (tertiary/aromatic N) is 1. The Morgan fingerprint density at radius 1 is 1.25 bits per heavy atom. The Bertz CT molecular complexity index is 624. The zero-order chi connectivity index (χ0) is 14.7. The van der Waals surface area contributed by atoms with Crippen molar-refractivity contribution in [2.45, 2.75) is 0 Å². The average Bonchev–Trinajstić information content (AvgIpc) is 2.42. The maximum atomic E-state index is 13.6. The molecule has 20 heavy (non-hydrogen) atoms. The number of halogens is 3. The first-order chi connectivity index (χ1) is 9.51. The van der Waals surface area contributed by atoms with Crippen LogP contribution in [-0.4, -0.2) is 17.9 Å². The molecule has 0 bridgehead atoms. The van der Waals surface area contributed by atoms with Gasteiger partial charge >= 0.3 is 0 Å². The molecule has 1 amide bonds. The van der Waals surface area contributed by atoms with Gasteiger partial charge in [0.05, 0.1) is 11.9 Å². The van der Waals surface area contributed by atoms with E-state index in [0.29, 0.717) is 0 Å². The highest BCUT2D eigenvalue weighted by Crippen LogP contribution is 2.24. The highest BCUT2D eigenvalue weighted by atomic mass is 79.9. The molecule has 0 radical (unpaired) electrons. The van der Waals surface area contributed by atoms with Gasteiger partial charge in [-0.2, -0.15) is 0 Å². The van der Waals surface area contributed by atoms with Crippen molar-refractivity contribution in [3.63, 3.8) is 0 Å². The van der Waals surface area contributed by atoms with Gasteiger partial charge in [-0.15, -0.1) is 0 Å². The molecule has 104 valence electrons. The third kappa shape index (κ3) is 3.11. The Morgan fingerprint density at radius 3 is 2.40 bits per heavy atom. The summed E-state index contributed by atoms with van der Waals surface area (Å²) in [7, 11) is 1.71. The smallest absolute Gasteiger partial charge is 0.274 e. The molecule has 0 spiro atoms. The van der Waals surface area contributed by atoms with Crippen LogP contribution in [0.5, 0.6) is 0 Å². The number of nitrogens with one attached hydrogen (secondary N) is 2. The molecule has 2 rings (SSSR count). The molecular formula is C13H10BrF2N3O. The molecule has 1 aromatic carbocycles. The molecule has 7 heteroatoms. The first-order valence-electron chi connectivity index (χ1n) is 5.61. The second-order valence-corrected chi connectivity index (χ2v) is 4.80. The summed E-state index contributed by atoms with van der Waals surface area (Å²) >= 11 is 2.96.